The van der Waals surface area contributed by atoms with E-state index < -0.39 is 10.0 Å². The van der Waals surface area contributed by atoms with Gasteiger partial charge in [-0.3, -0.25) is 4.68 Å². The fourth-order valence-electron chi connectivity index (χ4n) is 1.85. The number of benzene rings is 1. The summed E-state index contributed by atoms with van der Waals surface area (Å²) in [7, 11) is -3.35. The van der Waals surface area contributed by atoms with Crippen LogP contribution in [0.4, 0.5) is 0 Å². The molecule has 0 amide bonds. The fraction of sp³-hybridized carbons (Fsp3) is 0.125. The molecule has 116 valence electrons. The van der Waals surface area contributed by atoms with E-state index >= 15 is 0 Å². The number of rotatable bonds is 4. The van der Waals surface area contributed by atoms with Gasteiger partial charge in [-0.2, -0.15) is 0 Å². The summed E-state index contributed by atoms with van der Waals surface area (Å²) in [5, 5.41) is 0.990. The molecule has 1 aromatic heterocycles. The Labute approximate surface area is 130 Å². The number of allylic oxidation sites excluding steroid dienone is 2. The molecular formula is C16H18N2O3S. The average Bonchev–Trinajstić information content (AvgIpc) is 2.92. The SMILES string of the molecule is C1=CCOC=C1.C=CCS(=O)(=O)Nn1ccc2ccccc21. The lowest BCUT2D eigenvalue weighted by Gasteiger charge is -2.08. The molecule has 1 N–H and O–H groups in total. The summed E-state index contributed by atoms with van der Waals surface area (Å²) >= 11 is 0. The maximum atomic E-state index is 11.5. The molecule has 0 bridgehead atoms. The van der Waals surface area contributed by atoms with Crippen molar-refractivity contribution in [2.45, 2.75) is 0 Å². The molecule has 0 atom stereocenters. The van der Waals surface area contributed by atoms with Crippen molar-refractivity contribution in [3.8, 4) is 0 Å². The smallest absolute Gasteiger partial charge is 0.249 e. The number of aromatic nitrogens is 1. The number of hydrogen-bond donors (Lipinski definition) is 1. The molecule has 22 heavy (non-hydrogen) atoms. The molecule has 2 aromatic rings. The van der Waals surface area contributed by atoms with Crippen molar-refractivity contribution in [2.75, 3.05) is 17.2 Å². The zero-order chi connectivity index (χ0) is 15.8. The summed E-state index contributed by atoms with van der Waals surface area (Å²) in [6, 6.07) is 9.40. The Bertz CT molecular complexity index is 777. The molecule has 0 fully saturated rings. The Morgan fingerprint density at radius 1 is 1.27 bits per heavy atom. The van der Waals surface area contributed by atoms with Crippen molar-refractivity contribution in [1.29, 1.82) is 0 Å². The van der Waals surface area contributed by atoms with E-state index in [-0.39, 0.29) is 5.75 Å². The van der Waals surface area contributed by atoms with Crippen molar-refractivity contribution < 1.29 is 13.2 Å². The van der Waals surface area contributed by atoms with Crippen LogP contribution < -0.4 is 4.83 Å². The molecule has 0 saturated carbocycles. The maximum Gasteiger partial charge on any atom is 0.249 e. The number of nitrogens with zero attached hydrogens (tertiary/aromatic N) is 1. The second kappa shape index (κ2) is 7.51. The van der Waals surface area contributed by atoms with Gasteiger partial charge >= 0.3 is 0 Å². The van der Waals surface area contributed by atoms with Crippen LogP contribution in [-0.4, -0.2) is 25.5 Å². The van der Waals surface area contributed by atoms with Gasteiger partial charge in [0.2, 0.25) is 10.0 Å². The Morgan fingerprint density at radius 2 is 2.09 bits per heavy atom. The molecule has 0 unspecified atom stereocenters. The maximum absolute atomic E-state index is 11.5. The van der Waals surface area contributed by atoms with Gasteiger partial charge in [0.1, 0.15) is 6.61 Å². The van der Waals surface area contributed by atoms with Gasteiger partial charge < -0.3 is 4.74 Å². The molecule has 5 nitrogen and oxygen atoms in total. The summed E-state index contributed by atoms with van der Waals surface area (Å²) in [6.07, 6.45) is 10.5. The molecule has 1 aliphatic heterocycles. The number of fused-ring (bicyclic) bond motifs is 1. The van der Waals surface area contributed by atoms with E-state index in [2.05, 4.69) is 11.4 Å². The lowest BCUT2D eigenvalue weighted by atomic mass is 10.3. The van der Waals surface area contributed by atoms with Crippen molar-refractivity contribution in [3.63, 3.8) is 0 Å². The lowest BCUT2D eigenvalue weighted by molar-refractivity contribution is 0.286. The molecule has 0 aliphatic carbocycles. The van der Waals surface area contributed by atoms with Crippen LogP contribution in [0, 0.1) is 0 Å². The first-order valence-corrected chi connectivity index (χ1v) is 8.38. The second-order valence-electron chi connectivity index (χ2n) is 4.50. The topological polar surface area (TPSA) is 60.3 Å². The predicted molar refractivity (Wildman–Crippen MR) is 89.5 cm³/mol. The summed E-state index contributed by atoms with van der Waals surface area (Å²) in [6.45, 7) is 4.14. The molecule has 0 spiro atoms. The largest absolute Gasteiger partial charge is 0.497 e. The van der Waals surface area contributed by atoms with Gasteiger partial charge in [-0.05, 0) is 24.3 Å². The Kier molecular flexibility index (Phi) is 5.43. The Morgan fingerprint density at radius 3 is 2.68 bits per heavy atom. The first-order chi connectivity index (χ1) is 10.6. The van der Waals surface area contributed by atoms with Crippen LogP contribution in [0.2, 0.25) is 0 Å². The molecule has 0 saturated heterocycles. The molecule has 6 heteroatoms. The van der Waals surface area contributed by atoms with Gasteiger partial charge in [0.25, 0.3) is 0 Å². The van der Waals surface area contributed by atoms with E-state index in [9.17, 15) is 8.42 Å². The average molecular weight is 318 g/mol. The van der Waals surface area contributed by atoms with Gasteiger partial charge in [-0.25, -0.2) is 13.2 Å². The highest BCUT2D eigenvalue weighted by Crippen LogP contribution is 2.13. The Balaban J connectivity index is 0.000000246. The molecule has 1 aromatic carbocycles. The summed E-state index contributed by atoms with van der Waals surface area (Å²) in [4.78, 5) is 2.46. The number of nitrogens with one attached hydrogen (secondary N) is 1. The van der Waals surface area contributed by atoms with Crippen molar-refractivity contribution >= 4 is 20.9 Å². The quantitative estimate of drug-likeness (QED) is 0.882. The summed E-state index contributed by atoms with van der Waals surface area (Å²) in [5.74, 6) is -0.0977. The van der Waals surface area contributed by atoms with Crippen LogP contribution in [0.3, 0.4) is 0 Å². The minimum Gasteiger partial charge on any atom is -0.497 e. The van der Waals surface area contributed by atoms with E-state index in [4.69, 9.17) is 4.74 Å². The van der Waals surface area contributed by atoms with Crippen LogP contribution in [0.5, 0.6) is 0 Å². The highest BCUT2D eigenvalue weighted by atomic mass is 32.2. The first-order valence-electron chi connectivity index (χ1n) is 6.73. The van der Waals surface area contributed by atoms with Crippen LogP contribution in [0.25, 0.3) is 10.9 Å². The minimum atomic E-state index is -3.35. The number of hydrogen-bond acceptors (Lipinski definition) is 3. The fourth-order valence-corrected chi connectivity index (χ4v) is 2.69. The van der Waals surface area contributed by atoms with E-state index in [0.717, 1.165) is 17.5 Å². The second-order valence-corrected chi connectivity index (χ2v) is 6.24. The normalized spacial score (nSPS) is 13.1. The van der Waals surface area contributed by atoms with E-state index in [0.29, 0.717) is 0 Å². The number of sulfonamides is 1. The zero-order valence-electron chi connectivity index (χ0n) is 12.1. The third-order valence-corrected chi connectivity index (χ3v) is 3.94. The molecule has 1 aliphatic rings. The standard InChI is InChI=1S/C11H12N2O2S.C5H6O/c1-2-9-16(14,15)12-13-8-7-10-5-3-4-6-11(10)13;1-2-4-6-5-3-1/h2-8,12H,1,9H2;1-4H,5H2. The van der Waals surface area contributed by atoms with Crippen molar-refractivity contribution in [1.82, 2.24) is 4.68 Å². The monoisotopic (exact) mass is 318 g/mol. The summed E-state index contributed by atoms with van der Waals surface area (Å²) in [5.41, 5.74) is 0.829. The third kappa shape index (κ3) is 4.53. The van der Waals surface area contributed by atoms with Gasteiger partial charge in [0.15, 0.2) is 0 Å². The van der Waals surface area contributed by atoms with Crippen LogP contribution in [0.15, 0.2) is 73.7 Å². The van der Waals surface area contributed by atoms with Gasteiger partial charge in [0, 0.05) is 11.6 Å². The predicted octanol–water partition coefficient (Wildman–Crippen LogP) is 2.79. The minimum absolute atomic E-state index is 0.0977. The van der Waals surface area contributed by atoms with E-state index in [1.807, 2.05) is 48.6 Å². The molecule has 2 heterocycles. The molecule has 3 rings (SSSR count). The summed E-state index contributed by atoms with van der Waals surface area (Å²) < 4.78 is 29.4. The van der Waals surface area contributed by atoms with Crippen molar-refractivity contribution in [3.05, 3.63) is 73.7 Å². The van der Waals surface area contributed by atoms with Gasteiger partial charge in [-0.15, -0.1) is 6.58 Å². The van der Waals surface area contributed by atoms with E-state index in [1.54, 1.807) is 12.5 Å². The lowest BCUT2D eigenvalue weighted by Crippen LogP contribution is -2.24. The van der Waals surface area contributed by atoms with Crippen LogP contribution in [-0.2, 0) is 14.8 Å². The van der Waals surface area contributed by atoms with Crippen LogP contribution in [0.1, 0.15) is 0 Å². The van der Waals surface area contributed by atoms with Gasteiger partial charge in [-0.1, -0.05) is 30.4 Å². The highest BCUT2D eigenvalue weighted by molar-refractivity contribution is 7.92. The number of para-hydroxylation sites is 1. The Hall–Kier alpha value is -2.47. The van der Waals surface area contributed by atoms with Gasteiger partial charge in [0.05, 0.1) is 17.5 Å². The van der Waals surface area contributed by atoms with E-state index in [1.165, 1.54) is 10.8 Å². The molecule has 0 radical (unpaired) electrons. The highest BCUT2D eigenvalue weighted by Gasteiger charge is 2.08. The van der Waals surface area contributed by atoms with Crippen LogP contribution >= 0.6 is 0 Å². The zero-order valence-corrected chi connectivity index (χ0v) is 12.9. The number of ether oxygens (including phenoxy) is 1. The third-order valence-electron chi connectivity index (χ3n) is 2.79. The van der Waals surface area contributed by atoms with Crippen molar-refractivity contribution in [2.24, 2.45) is 0 Å². The first kappa shape index (κ1) is 15.9. The molecular weight excluding hydrogens is 300 g/mol.